The molecule has 2 aromatic rings. The Labute approximate surface area is 155 Å². The molecule has 0 spiro atoms. The summed E-state index contributed by atoms with van der Waals surface area (Å²) in [4.78, 5) is 20.7. The van der Waals surface area contributed by atoms with Crippen molar-refractivity contribution in [2.24, 2.45) is 0 Å². The molecule has 0 atom stereocenters. The van der Waals surface area contributed by atoms with Crippen molar-refractivity contribution in [3.63, 3.8) is 0 Å². The fourth-order valence-corrected chi connectivity index (χ4v) is 3.16. The van der Waals surface area contributed by atoms with Crippen LogP contribution in [0.15, 0.2) is 36.7 Å². The highest BCUT2D eigenvalue weighted by Crippen LogP contribution is 2.23. The van der Waals surface area contributed by atoms with Gasteiger partial charge >= 0.3 is 6.09 Å². The number of rotatable bonds is 3. The summed E-state index contributed by atoms with van der Waals surface area (Å²) < 4.78 is 7.63. The quantitative estimate of drug-likeness (QED) is 0.847. The van der Waals surface area contributed by atoms with Gasteiger partial charge in [0.15, 0.2) is 0 Å². The van der Waals surface area contributed by atoms with Crippen molar-refractivity contribution in [2.45, 2.75) is 39.8 Å². The summed E-state index contributed by atoms with van der Waals surface area (Å²) in [6.07, 6.45) is 3.61. The molecule has 3 rings (SSSR count). The first-order valence-electron chi connectivity index (χ1n) is 9.12. The standard InChI is InChI=1S/C20H28N4O2/c1-16-21-9-10-24(16)15-17-7-5-6-8-18(17)22-11-13-23(14-12-22)19(25)26-20(2,3)4/h5-10H,11-15H2,1-4H3. The third-order valence-electron chi connectivity index (χ3n) is 4.53. The molecule has 0 bridgehead atoms. The van der Waals surface area contributed by atoms with Crippen molar-refractivity contribution < 1.29 is 9.53 Å². The molecule has 2 heterocycles. The van der Waals surface area contributed by atoms with Gasteiger partial charge in [-0.25, -0.2) is 9.78 Å². The van der Waals surface area contributed by atoms with Gasteiger partial charge in [-0.2, -0.15) is 0 Å². The molecule has 0 radical (unpaired) electrons. The lowest BCUT2D eigenvalue weighted by atomic mass is 10.1. The molecule has 6 heteroatoms. The maximum Gasteiger partial charge on any atom is 0.410 e. The molecule has 1 aromatic carbocycles. The number of aromatic nitrogens is 2. The molecule has 1 amide bonds. The second-order valence-corrected chi connectivity index (χ2v) is 7.69. The van der Waals surface area contributed by atoms with Crippen LogP contribution in [0.2, 0.25) is 0 Å². The summed E-state index contributed by atoms with van der Waals surface area (Å²) in [6, 6.07) is 8.46. The molecular weight excluding hydrogens is 328 g/mol. The van der Waals surface area contributed by atoms with E-state index in [2.05, 4.69) is 38.7 Å². The van der Waals surface area contributed by atoms with Crippen molar-refractivity contribution in [1.82, 2.24) is 14.5 Å². The Hall–Kier alpha value is -2.50. The Balaban J connectivity index is 1.66. The molecule has 1 aliphatic heterocycles. The van der Waals surface area contributed by atoms with Crippen LogP contribution in [-0.2, 0) is 11.3 Å². The topological polar surface area (TPSA) is 50.6 Å². The molecule has 1 saturated heterocycles. The number of hydrogen-bond acceptors (Lipinski definition) is 4. The highest BCUT2D eigenvalue weighted by molar-refractivity contribution is 5.68. The first-order chi connectivity index (χ1) is 12.3. The van der Waals surface area contributed by atoms with Gasteiger partial charge in [0.25, 0.3) is 0 Å². The Morgan fingerprint density at radius 3 is 2.46 bits per heavy atom. The zero-order valence-corrected chi connectivity index (χ0v) is 16.1. The number of amides is 1. The SMILES string of the molecule is Cc1nccn1Cc1ccccc1N1CCN(C(=O)OC(C)(C)C)CC1. The highest BCUT2D eigenvalue weighted by atomic mass is 16.6. The summed E-state index contributed by atoms with van der Waals surface area (Å²) in [5, 5.41) is 0. The first-order valence-corrected chi connectivity index (χ1v) is 9.12. The Morgan fingerprint density at radius 1 is 1.15 bits per heavy atom. The molecule has 26 heavy (non-hydrogen) atoms. The van der Waals surface area contributed by atoms with Gasteiger partial charge in [0, 0.05) is 44.3 Å². The second kappa shape index (κ2) is 7.40. The fraction of sp³-hybridized carbons (Fsp3) is 0.500. The van der Waals surface area contributed by atoms with E-state index in [1.807, 2.05) is 40.1 Å². The number of carbonyl (C=O) groups is 1. The number of anilines is 1. The van der Waals surface area contributed by atoms with E-state index in [1.54, 1.807) is 4.90 Å². The van der Waals surface area contributed by atoms with Crippen LogP contribution in [0.4, 0.5) is 10.5 Å². The Bertz CT molecular complexity index is 755. The van der Waals surface area contributed by atoms with E-state index in [0.29, 0.717) is 13.1 Å². The summed E-state index contributed by atoms with van der Waals surface area (Å²) >= 11 is 0. The van der Waals surface area contributed by atoms with Crippen LogP contribution in [0.5, 0.6) is 0 Å². The molecule has 6 nitrogen and oxygen atoms in total. The molecule has 1 aliphatic rings. The highest BCUT2D eigenvalue weighted by Gasteiger charge is 2.26. The van der Waals surface area contributed by atoms with Gasteiger partial charge < -0.3 is 19.1 Å². The van der Waals surface area contributed by atoms with Gasteiger partial charge in [0.05, 0.1) is 6.54 Å². The molecule has 140 valence electrons. The van der Waals surface area contributed by atoms with Gasteiger partial charge in [0.1, 0.15) is 11.4 Å². The largest absolute Gasteiger partial charge is 0.444 e. The van der Waals surface area contributed by atoms with E-state index in [4.69, 9.17) is 4.74 Å². The fourth-order valence-electron chi connectivity index (χ4n) is 3.16. The normalized spacial score (nSPS) is 15.2. The average Bonchev–Trinajstić information content (AvgIpc) is 2.99. The third-order valence-corrected chi connectivity index (χ3v) is 4.53. The van der Waals surface area contributed by atoms with E-state index in [9.17, 15) is 4.79 Å². The van der Waals surface area contributed by atoms with Crippen LogP contribution < -0.4 is 4.90 Å². The molecular formula is C20H28N4O2. The van der Waals surface area contributed by atoms with E-state index in [0.717, 1.165) is 25.5 Å². The van der Waals surface area contributed by atoms with Crippen LogP contribution in [0.1, 0.15) is 32.2 Å². The zero-order valence-electron chi connectivity index (χ0n) is 16.1. The van der Waals surface area contributed by atoms with Crippen LogP contribution in [-0.4, -0.2) is 52.3 Å². The summed E-state index contributed by atoms with van der Waals surface area (Å²) in [7, 11) is 0. The van der Waals surface area contributed by atoms with Gasteiger partial charge in [0.2, 0.25) is 0 Å². The van der Waals surface area contributed by atoms with Crippen LogP contribution in [0, 0.1) is 6.92 Å². The predicted octanol–water partition coefficient (Wildman–Crippen LogP) is 3.30. The van der Waals surface area contributed by atoms with E-state index in [1.165, 1.54) is 11.3 Å². The van der Waals surface area contributed by atoms with Gasteiger partial charge in [-0.15, -0.1) is 0 Å². The zero-order chi connectivity index (χ0) is 18.7. The molecule has 1 fully saturated rings. The van der Waals surface area contributed by atoms with Crippen molar-refractivity contribution in [1.29, 1.82) is 0 Å². The number of ether oxygens (including phenoxy) is 1. The lowest BCUT2D eigenvalue weighted by Gasteiger charge is -2.37. The minimum atomic E-state index is -0.455. The van der Waals surface area contributed by atoms with Gasteiger partial charge in [-0.3, -0.25) is 0 Å². The maximum atomic E-state index is 12.2. The van der Waals surface area contributed by atoms with E-state index in [-0.39, 0.29) is 6.09 Å². The third kappa shape index (κ3) is 4.36. The van der Waals surface area contributed by atoms with Crippen LogP contribution in [0.3, 0.4) is 0 Å². The Morgan fingerprint density at radius 2 is 1.85 bits per heavy atom. The summed E-state index contributed by atoms with van der Waals surface area (Å²) in [5.74, 6) is 1.01. The van der Waals surface area contributed by atoms with Gasteiger partial charge in [-0.1, -0.05) is 18.2 Å². The van der Waals surface area contributed by atoms with Gasteiger partial charge in [-0.05, 0) is 39.3 Å². The number of aryl methyl sites for hydroxylation is 1. The van der Waals surface area contributed by atoms with Crippen molar-refractivity contribution in [3.8, 4) is 0 Å². The minimum Gasteiger partial charge on any atom is -0.444 e. The van der Waals surface area contributed by atoms with E-state index >= 15 is 0 Å². The number of para-hydroxylation sites is 1. The summed E-state index contributed by atoms with van der Waals surface area (Å²) in [5.41, 5.74) is 2.03. The second-order valence-electron chi connectivity index (χ2n) is 7.69. The van der Waals surface area contributed by atoms with Crippen molar-refractivity contribution in [3.05, 3.63) is 48.0 Å². The summed E-state index contributed by atoms with van der Waals surface area (Å²) in [6.45, 7) is 11.5. The number of nitrogens with zero attached hydrogens (tertiary/aromatic N) is 4. The molecule has 0 N–H and O–H groups in total. The smallest absolute Gasteiger partial charge is 0.410 e. The monoisotopic (exact) mass is 356 g/mol. The van der Waals surface area contributed by atoms with Crippen molar-refractivity contribution in [2.75, 3.05) is 31.1 Å². The first kappa shape index (κ1) is 18.3. The molecule has 1 aromatic heterocycles. The van der Waals surface area contributed by atoms with Crippen LogP contribution in [0.25, 0.3) is 0 Å². The number of imidazole rings is 1. The number of hydrogen-bond donors (Lipinski definition) is 0. The lowest BCUT2D eigenvalue weighted by Crippen LogP contribution is -2.50. The maximum absolute atomic E-state index is 12.2. The van der Waals surface area contributed by atoms with Crippen LogP contribution >= 0.6 is 0 Å². The minimum absolute atomic E-state index is 0.223. The number of piperazine rings is 1. The van der Waals surface area contributed by atoms with Crippen molar-refractivity contribution >= 4 is 11.8 Å². The number of benzene rings is 1. The molecule has 0 unspecified atom stereocenters. The van der Waals surface area contributed by atoms with E-state index < -0.39 is 5.60 Å². The number of carbonyl (C=O) groups excluding carboxylic acids is 1. The lowest BCUT2D eigenvalue weighted by molar-refractivity contribution is 0.0240. The average molecular weight is 356 g/mol. The molecule has 0 aliphatic carbocycles. The Kier molecular flexibility index (Phi) is 5.20. The predicted molar refractivity (Wildman–Crippen MR) is 103 cm³/mol. The molecule has 0 saturated carbocycles.